The van der Waals surface area contributed by atoms with Crippen molar-refractivity contribution < 1.29 is 13.2 Å². The third kappa shape index (κ3) is 3.68. The van der Waals surface area contributed by atoms with Gasteiger partial charge in [0.05, 0.1) is 5.01 Å². The second kappa shape index (κ2) is 6.54. The number of aromatic nitrogens is 1. The molecule has 24 heavy (non-hydrogen) atoms. The van der Waals surface area contributed by atoms with Gasteiger partial charge in [-0.1, -0.05) is 13.8 Å². The van der Waals surface area contributed by atoms with E-state index in [1.807, 2.05) is 6.92 Å². The summed E-state index contributed by atoms with van der Waals surface area (Å²) in [6, 6.07) is 0. The lowest BCUT2D eigenvalue weighted by molar-refractivity contribution is -0.140. The van der Waals surface area contributed by atoms with Crippen LogP contribution in [-0.4, -0.2) is 41.0 Å². The molecule has 1 aliphatic rings. The summed E-state index contributed by atoms with van der Waals surface area (Å²) in [5, 5.41) is 4.80. The first-order chi connectivity index (χ1) is 11.0. The summed E-state index contributed by atoms with van der Waals surface area (Å²) in [7, 11) is 0. The van der Waals surface area contributed by atoms with Crippen molar-refractivity contribution in [1.82, 2.24) is 15.2 Å². The average Bonchev–Trinajstić information content (AvgIpc) is 2.93. The van der Waals surface area contributed by atoms with E-state index in [4.69, 9.17) is 0 Å². The van der Waals surface area contributed by atoms with Crippen LogP contribution in [0.15, 0.2) is 10.4 Å². The van der Waals surface area contributed by atoms with Crippen molar-refractivity contribution in [3.8, 4) is 0 Å². The Hall–Kier alpha value is -1.31. The van der Waals surface area contributed by atoms with Gasteiger partial charge in [0.2, 0.25) is 0 Å². The Morgan fingerprint density at radius 2 is 2.04 bits per heavy atom. The molecule has 8 heteroatoms. The summed E-state index contributed by atoms with van der Waals surface area (Å²) in [4.78, 5) is 10.4. The normalized spacial score (nSPS) is 20.0. The van der Waals surface area contributed by atoms with E-state index in [-0.39, 0.29) is 11.0 Å². The Morgan fingerprint density at radius 3 is 2.50 bits per heavy atom. The molecule has 136 valence electrons. The van der Waals surface area contributed by atoms with Gasteiger partial charge in [0.1, 0.15) is 0 Å². The number of rotatable bonds is 4. The Labute approximate surface area is 145 Å². The summed E-state index contributed by atoms with van der Waals surface area (Å²) in [6.45, 7) is 12.9. The van der Waals surface area contributed by atoms with Gasteiger partial charge in [0.25, 0.3) is 0 Å². The molecule has 1 fully saturated rings. The van der Waals surface area contributed by atoms with Crippen molar-refractivity contribution in [3.05, 3.63) is 16.1 Å². The molecule has 0 saturated carbocycles. The molecular formula is C16H25F3N4S. The zero-order valence-electron chi connectivity index (χ0n) is 14.8. The van der Waals surface area contributed by atoms with E-state index >= 15 is 0 Å². The van der Waals surface area contributed by atoms with Crippen LogP contribution in [0.3, 0.4) is 0 Å². The molecule has 0 atom stereocenters. The van der Waals surface area contributed by atoms with Crippen LogP contribution in [0.25, 0.3) is 0 Å². The number of hydrogen-bond donors (Lipinski definition) is 1. The van der Waals surface area contributed by atoms with Gasteiger partial charge in [0, 0.05) is 42.4 Å². The monoisotopic (exact) mass is 362 g/mol. The Bertz CT molecular complexity index is 605. The fourth-order valence-electron chi connectivity index (χ4n) is 2.61. The molecule has 0 aliphatic carbocycles. The van der Waals surface area contributed by atoms with E-state index in [1.54, 1.807) is 0 Å². The van der Waals surface area contributed by atoms with Gasteiger partial charge >= 0.3 is 6.18 Å². The highest BCUT2D eigenvalue weighted by Crippen LogP contribution is 2.46. The maximum absolute atomic E-state index is 12.6. The van der Waals surface area contributed by atoms with Crippen molar-refractivity contribution in [3.63, 3.8) is 0 Å². The second-order valence-electron chi connectivity index (χ2n) is 7.14. The van der Waals surface area contributed by atoms with Gasteiger partial charge in [-0.05, 0) is 20.8 Å². The molecule has 0 bridgehead atoms. The van der Waals surface area contributed by atoms with E-state index in [2.05, 4.69) is 47.9 Å². The van der Waals surface area contributed by atoms with Crippen molar-refractivity contribution in [2.24, 2.45) is 10.4 Å². The van der Waals surface area contributed by atoms with Crippen molar-refractivity contribution in [2.45, 2.75) is 52.8 Å². The largest absolute Gasteiger partial charge is 0.434 e. The Kier molecular flexibility index (Phi) is 5.18. The standard InChI is InChI=1S/C16H25F3N4S/c1-6-20-13(23-10-14(2,3)15(23,4)5)21-8-7-12-22-11(9-24-12)16(17,18)19/h9H,6-8,10H2,1-5H3,(H,20,21). The zero-order valence-corrected chi connectivity index (χ0v) is 15.6. The van der Waals surface area contributed by atoms with Gasteiger partial charge < -0.3 is 10.2 Å². The fourth-order valence-corrected chi connectivity index (χ4v) is 3.40. The highest BCUT2D eigenvalue weighted by atomic mass is 32.1. The van der Waals surface area contributed by atoms with Crippen LogP contribution < -0.4 is 5.32 Å². The Balaban J connectivity index is 2.01. The van der Waals surface area contributed by atoms with E-state index in [0.29, 0.717) is 18.0 Å². The molecule has 2 rings (SSSR count). The first-order valence-electron chi connectivity index (χ1n) is 8.06. The Morgan fingerprint density at radius 1 is 1.38 bits per heavy atom. The topological polar surface area (TPSA) is 40.5 Å². The summed E-state index contributed by atoms with van der Waals surface area (Å²) in [6.07, 6.45) is -3.96. The molecule has 0 aromatic carbocycles. The van der Waals surface area contributed by atoms with Crippen LogP contribution in [0.1, 0.15) is 45.3 Å². The quantitative estimate of drug-likeness (QED) is 0.654. The van der Waals surface area contributed by atoms with E-state index in [9.17, 15) is 13.2 Å². The number of nitrogens with one attached hydrogen (secondary N) is 1. The van der Waals surface area contributed by atoms with Crippen LogP contribution >= 0.6 is 11.3 Å². The summed E-state index contributed by atoms with van der Waals surface area (Å²) in [5.41, 5.74) is -0.636. The SMILES string of the molecule is CCNC(=NCCc1nc(C(F)(F)F)cs1)N1CC(C)(C)C1(C)C. The predicted octanol–water partition coefficient (Wildman–Crippen LogP) is 3.79. The fraction of sp³-hybridized carbons (Fsp3) is 0.750. The molecule has 0 amide bonds. The minimum atomic E-state index is -4.37. The summed E-state index contributed by atoms with van der Waals surface area (Å²) >= 11 is 1.03. The van der Waals surface area contributed by atoms with E-state index in [0.717, 1.165) is 35.8 Å². The second-order valence-corrected chi connectivity index (χ2v) is 8.08. The number of aliphatic imine (C=N–C) groups is 1. The molecule has 1 aromatic heterocycles. The lowest BCUT2D eigenvalue weighted by atomic mass is 9.65. The maximum atomic E-state index is 12.6. The number of thiazole rings is 1. The van der Waals surface area contributed by atoms with Crippen molar-refractivity contribution >= 4 is 17.3 Å². The van der Waals surface area contributed by atoms with Crippen molar-refractivity contribution in [2.75, 3.05) is 19.6 Å². The molecule has 1 saturated heterocycles. The molecule has 2 heterocycles. The van der Waals surface area contributed by atoms with Crippen LogP contribution in [0.2, 0.25) is 0 Å². The average molecular weight is 362 g/mol. The molecule has 4 nitrogen and oxygen atoms in total. The van der Waals surface area contributed by atoms with Crippen LogP contribution in [0, 0.1) is 5.41 Å². The van der Waals surface area contributed by atoms with E-state index < -0.39 is 11.9 Å². The number of guanidine groups is 1. The van der Waals surface area contributed by atoms with Crippen LogP contribution in [-0.2, 0) is 12.6 Å². The smallest absolute Gasteiger partial charge is 0.356 e. The number of alkyl halides is 3. The first kappa shape index (κ1) is 19.0. The predicted molar refractivity (Wildman–Crippen MR) is 91.4 cm³/mol. The van der Waals surface area contributed by atoms with Gasteiger partial charge in [-0.3, -0.25) is 4.99 Å². The van der Waals surface area contributed by atoms with Crippen LogP contribution in [0.4, 0.5) is 13.2 Å². The zero-order chi connectivity index (χ0) is 18.2. The third-order valence-electron chi connectivity index (χ3n) is 4.90. The van der Waals surface area contributed by atoms with Gasteiger partial charge in [-0.15, -0.1) is 11.3 Å². The molecule has 1 aliphatic heterocycles. The number of hydrogen-bond acceptors (Lipinski definition) is 3. The van der Waals surface area contributed by atoms with E-state index in [1.165, 1.54) is 0 Å². The summed E-state index contributed by atoms with van der Waals surface area (Å²) < 4.78 is 37.7. The minimum Gasteiger partial charge on any atom is -0.356 e. The lowest BCUT2D eigenvalue weighted by Gasteiger charge is -2.62. The number of likely N-dealkylation sites (tertiary alicyclic amines) is 1. The minimum absolute atomic E-state index is 0.0152. The van der Waals surface area contributed by atoms with Crippen molar-refractivity contribution in [1.29, 1.82) is 0 Å². The molecule has 1 aromatic rings. The highest BCUT2D eigenvalue weighted by Gasteiger charge is 2.53. The maximum Gasteiger partial charge on any atom is 0.434 e. The van der Waals surface area contributed by atoms with Gasteiger partial charge in [0.15, 0.2) is 11.7 Å². The lowest BCUT2D eigenvalue weighted by Crippen LogP contribution is -2.72. The van der Waals surface area contributed by atoms with Gasteiger partial charge in [-0.2, -0.15) is 13.2 Å². The van der Waals surface area contributed by atoms with Crippen LogP contribution in [0.5, 0.6) is 0 Å². The molecule has 0 spiro atoms. The summed E-state index contributed by atoms with van der Waals surface area (Å²) in [5.74, 6) is 0.814. The number of nitrogens with zero attached hydrogens (tertiary/aromatic N) is 3. The van der Waals surface area contributed by atoms with Gasteiger partial charge in [-0.25, -0.2) is 4.98 Å². The molecular weight excluding hydrogens is 337 g/mol. The first-order valence-corrected chi connectivity index (χ1v) is 8.94. The molecule has 1 N–H and O–H groups in total. The highest BCUT2D eigenvalue weighted by molar-refractivity contribution is 7.09. The third-order valence-corrected chi connectivity index (χ3v) is 5.81. The molecule has 0 unspecified atom stereocenters. The molecule has 0 radical (unpaired) electrons. The number of halogens is 3.